The lowest BCUT2D eigenvalue weighted by molar-refractivity contribution is -0.136. The standard InChI is InChI=1S/C15H21Cl2N3O3S/c1-11(10-18-2)15(21)19-5-7-20(8-6-19)24(22,23)14-9-12(16)3-4-13(14)17/h3-4,9,11,18H,5-8,10H2,1-2H3. The van der Waals surface area contributed by atoms with Crippen LogP contribution in [0.2, 0.25) is 10.0 Å². The van der Waals surface area contributed by atoms with E-state index in [-0.39, 0.29) is 34.8 Å². The van der Waals surface area contributed by atoms with Gasteiger partial charge in [-0.1, -0.05) is 30.1 Å². The van der Waals surface area contributed by atoms with Crippen LogP contribution in [0, 0.1) is 5.92 Å². The number of hydrogen-bond acceptors (Lipinski definition) is 4. The van der Waals surface area contributed by atoms with Crippen LogP contribution in [0.5, 0.6) is 0 Å². The zero-order chi connectivity index (χ0) is 17.9. The number of piperazine rings is 1. The van der Waals surface area contributed by atoms with Crippen LogP contribution in [0.3, 0.4) is 0 Å². The van der Waals surface area contributed by atoms with Gasteiger partial charge in [0.2, 0.25) is 15.9 Å². The highest BCUT2D eigenvalue weighted by Crippen LogP contribution is 2.28. The maximum atomic E-state index is 12.7. The van der Waals surface area contributed by atoms with Gasteiger partial charge in [0.25, 0.3) is 0 Å². The molecule has 1 aliphatic heterocycles. The van der Waals surface area contributed by atoms with E-state index in [9.17, 15) is 13.2 Å². The number of carbonyl (C=O) groups excluding carboxylic acids is 1. The average Bonchev–Trinajstić information content (AvgIpc) is 2.56. The smallest absolute Gasteiger partial charge is 0.244 e. The van der Waals surface area contributed by atoms with Gasteiger partial charge in [-0.25, -0.2) is 8.42 Å². The number of nitrogens with zero attached hydrogens (tertiary/aromatic N) is 2. The van der Waals surface area contributed by atoms with Gasteiger partial charge in [0.1, 0.15) is 4.90 Å². The number of benzene rings is 1. The summed E-state index contributed by atoms with van der Waals surface area (Å²) < 4.78 is 26.8. The molecule has 6 nitrogen and oxygen atoms in total. The van der Waals surface area contributed by atoms with Crippen molar-refractivity contribution >= 4 is 39.1 Å². The number of amides is 1. The van der Waals surface area contributed by atoms with E-state index in [4.69, 9.17) is 23.2 Å². The fourth-order valence-electron chi connectivity index (χ4n) is 2.67. The molecule has 9 heteroatoms. The third kappa shape index (κ3) is 4.21. The molecule has 1 amide bonds. The molecular formula is C15H21Cl2N3O3S. The predicted molar refractivity (Wildman–Crippen MR) is 94.9 cm³/mol. The third-order valence-corrected chi connectivity index (χ3v) is 6.61. The Labute approximate surface area is 152 Å². The minimum Gasteiger partial charge on any atom is -0.340 e. The number of halogens is 2. The quantitative estimate of drug-likeness (QED) is 0.825. The summed E-state index contributed by atoms with van der Waals surface area (Å²) >= 11 is 11.9. The molecule has 0 aromatic heterocycles. The van der Waals surface area contributed by atoms with Gasteiger partial charge in [-0.15, -0.1) is 0 Å². The van der Waals surface area contributed by atoms with E-state index in [1.54, 1.807) is 18.0 Å². The molecule has 1 atom stereocenters. The summed E-state index contributed by atoms with van der Waals surface area (Å²) in [4.78, 5) is 14.0. The molecule has 0 aliphatic carbocycles. The molecule has 1 heterocycles. The van der Waals surface area contributed by atoms with Gasteiger partial charge >= 0.3 is 0 Å². The Kier molecular flexibility index (Phi) is 6.50. The molecule has 134 valence electrons. The normalized spacial score (nSPS) is 17.8. The summed E-state index contributed by atoms with van der Waals surface area (Å²) in [5, 5.41) is 3.42. The van der Waals surface area contributed by atoms with E-state index in [2.05, 4.69) is 5.32 Å². The van der Waals surface area contributed by atoms with E-state index in [0.29, 0.717) is 24.7 Å². The predicted octanol–water partition coefficient (Wildman–Crippen LogP) is 1.68. The highest BCUT2D eigenvalue weighted by molar-refractivity contribution is 7.89. The van der Waals surface area contributed by atoms with Crippen LogP contribution >= 0.6 is 23.2 Å². The van der Waals surface area contributed by atoms with E-state index < -0.39 is 10.0 Å². The number of rotatable bonds is 5. The fraction of sp³-hybridized carbons (Fsp3) is 0.533. The SMILES string of the molecule is CNCC(C)C(=O)N1CCN(S(=O)(=O)c2cc(Cl)ccc2Cl)CC1. The van der Waals surface area contributed by atoms with Crippen molar-refractivity contribution in [3.05, 3.63) is 28.2 Å². The van der Waals surface area contributed by atoms with Crippen LogP contribution in [0.25, 0.3) is 0 Å². The molecule has 1 saturated heterocycles. The van der Waals surface area contributed by atoms with E-state index in [1.165, 1.54) is 16.4 Å². The first kappa shape index (κ1) is 19.5. The summed E-state index contributed by atoms with van der Waals surface area (Å²) in [6.07, 6.45) is 0. The van der Waals surface area contributed by atoms with Crippen molar-refractivity contribution in [2.75, 3.05) is 39.8 Å². The van der Waals surface area contributed by atoms with E-state index in [1.807, 2.05) is 6.92 Å². The van der Waals surface area contributed by atoms with Crippen LogP contribution in [0.1, 0.15) is 6.92 Å². The Morgan fingerprint density at radius 1 is 1.25 bits per heavy atom. The van der Waals surface area contributed by atoms with Crippen LogP contribution in [0.4, 0.5) is 0 Å². The van der Waals surface area contributed by atoms with Gasteiger partial charge in [-0.05, 0) is 25.2 Å². The largest absolute Gasteiger partial charge is 0.340 e. The van der Waals surface area contributed by atoms with Gasteiger partial charge in [-0.3, -0.25) is 4.79 Å². The lowest BCUT2D eigenvalue weighted by atomic mass is 10.1. The maximum absolute atomic E-state index is 12.7. The summed E-state index contributed by atoms with van der Waals surface area (Å²) in [5.41, 5.74) is 0. The summed E-state index contributed by atoms with van der Waals surface area (Å²) in [5.74, 6) is -0.109. The fourth-order valence-corrected chi connectivity index (χ4v) is 4.83. The Balaban J connectivity index is 2.08. The molecule has 1 aliphatic rings. The van der Waals surface area contributed by atoms with Gasteiger partial charge < -0.3 is 10.2 Å². The number of sulfonamides is 1. The molecule has 0 bridgehead atoms. The highest BCUT2D eigenvalue weighted by atomic mass is 35.5. The average molecular weight is 394 g/mol. The van der Waals surface area contributed by atoms with Crippen LogP contribution in [-0.4, -0.2) is 63.3 Å². The maximum Gasteiger partial charge on any atom is 0.244 e. The molecule has 1 aromatic rings. The van der Waals surface area contributed by atoms with Gasteiger partial charge in [0.15, 0.2) is 0 Å². The molecule has 1 aromatic carbocycles. The minimum absolute atomic E-state index is 0.00000534. The lowest BCUT2D eigenvalue weighted by Crippen LogP contribution is -2.52. The molecule has 1 unspecified atom stereocenters. The van der Waals surface area contributed by atoms with Crippen LogP contribution in [-0.2, 0) is 14.8 Å². The van der Waals surface area contributed by atoms with Gasteiger partial charge in [0, 0.05) is 43.7 Å². The zero-order valence-electron chi connectivity index (χ0n) is 13.6. The first-order chi connectivity index (χ1) is 11.3. The third-order valence-electron chi connectivity index (χ3n) is 3.99. The Hall–Kier alpha value is -0.860. The van der Waals surface area contributed by atoms with Crippen LogP contribution < -0.4 is 5.32 Å². The Morgan fingerprint density at radius 3 is 2.46 bits per heavy atom. The monoisotopic (exact) mass is 393 g/mol. The van der Waals surface area contributed by atoms with Crippen molar-refractivity contribution in [3.63, 3.8) is 0 Å². The highest BCUT2D eigenvalue weighted by Gasteiger charge is 2.32. The summed E-state index contributed by atoms with van der Waals surface area (Å²) in [6, 6.07) is 4.37. The van der Waals surface area contributed by atoms with Crippen molar-refractivity contribution in [1.82, 2.24) is 14.5 Å². The molecule has 24 heavy (non-hydrogen) atoms. The number of hydrogen-bond donors (Lipinski definition) is 1. The van der Waals surface area contributed by atoms with E-state index in [0.717, 1.165) is 0 Å². The lowest BCUT2D eigenvalue weighted by Gasteiger charge is -2.35. The van der Waals surface area contributed by atoms with Gasteiger partial charge in [-0.2, -0.15) is 4.31 Å². The van der Waals surface area contributed by atoms with Crippen molar-refractivity contribution < 1.29 is 13.2 Å². The second kappa shape index (κ2) is 8.01. The topological polar surface area (TPSA) is 69.7 Å². The van der Waals surface area contributed by atoms with Crippen molar-refractivity contribution in [1.29, 1.82) is 0 Å². The summed E-state index contributed by atoms with van der Waals surface area (Å²) in [6.45, 7) is 3.66. The number of nitrogens with one attached hydrogen (secondary N) is 1. The second-order valence-corrected chi connectivity index (χ2v) is 8.51. The van der Waals surface area contributed by atoms with E-state index >= 15 is 0 Å². The van der Waals surface area contributed by atoms with Crippen molar-refractivity contribution in [2.24, 2.45) is 5.92 Å². The molecule has 1 fully saturated rings. The molecule has 2 rings (SSSR count). The summed E-state index contributed by atoms with van der Waals surface area (Å²) in [7, 11) is -1.93. The second-order valence-electron chi connectivity index (χ2n) is 5.76. The zero-order valence-corrected chi connectivity index (χ0v) is 16.0. The molecular weight excluding hydrogens is 373 g/mol. The molecule has 1 N–H and O–H groups in total. The first-order valence-corrected chi connectivity index (χ1v) is 9.85. The first-order valence-electron chi connectivity index (χ1n) is 7.66. The van der Waals surface area contributed by atoms with Crippen molar-refractivity contribution in [2.45, 2.75) is 11.8 Å². The molecule has 0 saturated carbocycles. The Morgan fingerprint density at radius 2 is 1.88 bits per heavy atom. The van der Waals surface area contributed by atoms with Gasteiger partial charge in [0.05, 0.1) is 5.02 Å². The Bertz CT molecular complexity index is 704. The molecule has 0 radical (unpaired) electrons. The molecule has 0 spiro atoms. The number of carbonyl (C=O) groups is 1. The minimum atomic E-state index is -3.73. The van der Waals surface area contributed by atoms with Crippen molar-refractivity contribution in [3.8, 4) is 0 Å². The van der Waals surface area contributed by atoms with Crippen LogP contribution in [0.15, 0.2) is 23.1 Å².